The quantitative estimate of drug-likeness (QED) is 0.806. The minimum atomic E-state index is -0.905. The van der Waals surface area contributed by atoms with E-state index in [2.05, 4.69) is 5.10 Å². The molecule has 0 aliphatic heterocycles. The first-order chi connectivity index (χ1) is 7.66. The zero-order chi connectivity index (χ0) is 11.5. The number of rotatable bonds is 3. The van der Waals surface area contributed by atoms with E-state index in [4.69, 9.17) is 10.8 Å². The van der Waals surface area contributed by atoms with Gasteiger partial charge in [0.15, 0.2) is 0 Å². The summed E-state index contributed by atoms with van der Waals surface area (Å²) in [5, 5.41) is 12.8. The number of para-hydroxylation sites is 1. The molecule has 2 aromatic rings. The Bertz CT molecular complexity index is 505. The Balaban J connectivity index is 2.44. The Morgan fingerprint density at radius 2 is 2.06 bits per heavy atom. The molecule has 5 heteroatoms. The van der Waals surface area contributed by atoms with E-state index in [1.807, 2.05) is 30.3 Å². The van der Waals surface area contributed by atoms with Crippen LogP contribution in [0.15, 0.2) is 36.4 Å². The van der Waals surface area contributed by atoms with Crippen molar-refractivity contribution in [1.82, 2.24) is 9.78 Å². The molecule has 0 amide bonds. The van der Waals surface area contributed by atoms with Crippen LogP contribution in [0.3, 0.4) is 0 Å². The smallest absolute Gasteiger partial charge is 0.309 e. The molecule has 1 heterocycles. The lowest BCUT2D eigenvalue weighted by Gasteiger charge is -2.04. The van der Waals surface area contributed by atoms with Crippen molar-refractivity contribution in [3.8, 4) is 5.69 Å². The van der Waals surface area contributed by atoms with Crippen molar-refractivity contribution in [3.05, 3.63) is 42.1 Å². The Morgan fingerprint density at radius 3 is 2.69 bits per heavy atom. The molecule has 0 aliphatic carbocycles. The highest BCUT2D eigenvalue weighted by Crippen LogP contribution is 2.14. The molecule has 16 heavy (non-hydrogen) atoms. The van der Waals surface area contributed by atoms with Gasteiger partial charge in [0, 0.05) is 6.07 Å². The summed E-state index contributed by atoms with van der Waals surface area (Å²) in [5.41, 5.74) is 6.93. The van der Waals surface area contributed by atoms with Gasteiger partial charge in [-0.2, -0.15) is 5.10 Å². The Labute approximate surface area is 92.1 Å². The Morgan fingerprint density at radius 1 is 1.38 bits per heavy atom. The van der Waals surface area contributed by atoms with Gasteiger partial charge in [-0.3, -0.25) is 4.79 Å². The molecule has 0 spiro atoms. The summed E-state index contributed by atoms with van der Waals surface area (Å²) < 4.78 is 1.55. The van der Waals surface area contributed by atoms with E-state index < -0.39 is 5.97 Å². The lowest BCUT2D eigenvalue weighted by molar-refractivity contribution is -0.136. The molecular weight excluding hydrogens is 206 g/mol. The van der Waals surface area contributed by atoms with E-state index >= 15 is 0 Å². The lowest BCUT2D eigenvalue weighted by Crippen LogP contribution is -2.07. The third-order valence-corrected chi connectivity index (χ3v) is 2.14. The van der Waals surface area contributed by atoms with Gasteiger partial charge in [0.2, 0.25) is 0 Å². The van der Waals surface area contributed by atoms with Gasteiger partial charge in [-0.1, -0.05) is 18.2 Å². The van der Waals surface area contributed by atoms with Crippen LogP contribution in [0.4, 0.5) is 5.82 Å². The number of nitrogens with two attached hydrogens (primary N) is 1. The molecule has 0 unspecified atom stereocenters. The third-order valence-electron chi connectivity index (χ3n) is 2.14. The van der Waals surface area contributed by atoms with E-state index in [1.165, 1.54) is 0 Å². The van der Waals surface area contributed by atoms with Gasteiger partial charge in [0.05, 0.1) is 17.8 Å². The topological polar surface area (TPSA) is 81.1 Å². The highest BCUT2D eigenvalue weighted by atomic mass is 16.4. The van der Waals surface area contributed by atoms with E-state index in [-0.39, 0.29) is 6.42 Å². The first kappa shape index (κ1) is 10.2. The molecule has 0 atom stereocenters. The van der Waals surface area contributed by atoms with E-state index in [1.54, 1.807) is 10.7 Å². The van der Waals surface area contributed by atoms with Crippen LogP contribution in [0, 0.1) is 0 Å². The average molecular weight is 217 g/mol. The van der Waals surface area contributed by atoms with Crippen LogP contribution in [0.5, 0.6) is 0 Å². The predicted octanol–water partition coefficient (Wildman–Crippen LogP) is 1.08. The van der Waals surface area contributed by atoms with Crippen molar-refractivity contribution in [3.63, 3.8) is 0 Å². The minimum absolute atomic E-state index is 0.0981. The predicted molar refractivity (Wildman–Crippen MR) is 59.3 cm³/mol. The van der Waals surface area contributed by atoms with Gasteiger partial charge in [-0.05, 0) is 12.1 Å². The highest BCUT2D eigenvalue weighted by molar-refractivity contribution is 5.70. The average Bonchev–Trinajstić information content (AvgIpc) is 2.60. The molecule has 1 aromatic heterocycles. The van der Waals surface area contributed by atoms with Crippen molar-refractivity contribution in [2.75, 3.05) is 5.73 Å². The van der Waals surface area contributed by atoms with Crippen LogP contribution >= 0.6 is 0 Å². The van der Waals surface area contributed by atoms with Gasteiger partial charge >= 0.3 is 5.97 Å². The third kappa shape index (κ3) is 2.03. The molecule has 82 valence electrons. The van der Waals surface area contributed by atoms with Crippen molar-refractivity contribution in [2.45, 2.75) is 6.42 Å². The summed E-state index contributed by atoms with van der Waals surface area (Å²) in [7, 11) is 0. The van der Waals surface area contributed by atoms with E-state index in [9.17, 15) is 4.79 Å². The number of anilines is 1. The Hall–Kier alpha value is -2.30. The fourth-order valence-electron chi connectivity index (χ4n) is 1.51. The van der Waals surface area contributed by atoms with E-state index in [0.29, 0.717) is 11.5 Å². The second-order valence-corrected chi connectivity index (χ2v) is 3.38. The molecular formula is C11H11N3O2. The lowest BCUT2D eigenvalue weighted by atomic mass is 10.2. The number of benzene rings is 1. The standard InChI is InChI=1S/C11H11N3O2/c12-10-6-9(7-11(15)16)14(13-10)8-4-2-1-3-5-8/h1-6H,7H2,(H2,12,13)(H,15,16). The van der Waals surface area contributed by atoms with Crippen LogP contribution in [-0.2, 0) is 11.2 Å². The first-order valence-corrected chi connectivity index (χ1v) is 4.78. The largest absolute Gasteiger partial charge is 0.481 e. The molecule has 0 fully saturated rings. The molecule has 0 saturated heterocycles. The zero-order valence-corrected chi connectivity index (χ0v) is 8.50. The van der Waals surface area contributed by atoms with Crippen LogP contribution in [0.1, 0.15) is 5.69 Å². The number of aromatic nitrogens is 2. The second-order valence-electron chi connectivity index (χ2n) is 3.38. The summed E-state index contributed by atoms with van der Waals surface area (Å²) in [6.07, 6.45) is -0.0981. The van der Waals surface area contributed by atoms with Gasteiger partial charge in [-0.15, -0.1) is 0 Å². The maximum absolute atomic E-state index is 10.7. The monoisotopic (exact) mass is 217 g/mol. The summed E-state index contributed by atoms with van der Waals surface area (Å²) in [5.74, 6) is -0.586. The molecule has 1 aromatic carbocycles. The van der Waals surface area contributed by atoms with Gasteiger partial charge < -0.3 is 10.8 Å². The van der Waals surface area contributed by atoms with Crippen LogP contribution in [0.2, 0.25) is 0 Å². The number of hydrogen-bond acceptors (Lipinski definition) is 3. The fraction of sp³-hybridized carbons (Fsp3) is 0.0909. The second kappa shape index (κ2) is 4.06. The van der Waals surface area contributed by atoms with Crippen molar-refractivity contribution in [2.24, 2.45) is 0 Å². The molecule has 0 aliphatic rings. The molecule has 3 N–H and O–H groups in total. The van der Waals surface area contributed by atoms with Crippen LogP contribution in [0.25, 0.3) is 5.69 Å². The number of nitrogen functional groups attached to an aromatic ring is 1. The van der Waals surface area contributed by atoms with Gasteiger partial charge in [0.25, 0.3) is 0 Å². The number of carbonyl (C=O) groups is 1. The Kier molecular flexibility index (Phi) is 2.59. The molecule has 0 bridgehead atoms. The number of carboxylic acid groups (broad SMARTS) is 1. The maximum Gasteiger partial charge on any atom is 0.309 e. The molecule has 0 saturated carbocycles. The summed E-state index contributed by atoms with van der Waals surface area (Å²) in [4.78, 5) is 10.7. The molecule has 2 rings (SSSR count). The summed E-state index contributed by atoms with van der Waals surface area (Å²) in [6.45, 7) is 0. The summed E-state index contributed by atoms with van der Waals surface area (Å²) in [6, 6.07) is 10.9. The minimum Gasteiger partial charge on any atom is -0.481 e. The number of aliphatic carboxylic acids is 1. The van der Waals surface area contributed by atoms with Crippen LogP contribution in [-0.4, -0.2) is 20.9 Å². The maximum atomic E-state index is 10.7. The first-order valence-electron chi connectivity index (χ1n) is 4.78. The van der Waals surface area contributed by atoms with Gasteiger partial charge in [0.1, 0.15) is 5.82 Å². The normalized spacial score (nSPS) is 10.2. The summed E-state index contributed by atoms with van der Waals surface area (Å²) >= 11 is 0. The van der Waals surface area contributed by atoms with Crippen molar-refractivity contribution >= 4 is 11.8 Å². The molecule has 0 radical (unpaired) electrons. The van der Waals surface area contributed by atoms with Gasteiger partial charge in [-0.25, -0.2) is 4.68 Å². The molecule has 5 nitrogen and oxygen atoms in total. The highest BCUT2D eigenvalue weighted by Gasteiger charge is 2.10. The van der Waals surface area contributed by atoms with Crippen molar-refractivity contribution in [1.29, 1.82) is 0 Å². The number of nitrogens with zero attached hydrogens (tertiary/aromatic N) is 2. The van der Waals surface area contributed by atoms with Crippen LogP contribution < -0.4 is 5.73 Å². The zero-order valence-electron chi connectivity index (χ0n) is 8.50. The number of hydrogen-bond donors (Lipinski definition) is 2. The van der Waals surface area contributed by atoms with E-state index in [0.717, 1.165) is 5.69 Å². The fourth-order valence-corrected chi connectivity index (χ4v) is 1.51. The number of carboxylic acids is 1. The SMILES string of the molecule is Nc1cc(CC(=O)O)n(-c2ccccc2)n1. The van der Waals surface area contributed by atoms with Crippen molar-refractivity contribution < 1.29 is 9.90 Å².